The van der Waals surface area contributed by atoms with Gasteiger partial charge in [-0.2, -0.15) is 0 Å². The number of benzene rings is 1. The van der Waals surface area contributed by atoms with E-state index in [0.717, 1.165) is 43.0 Å². The molecule has 1 fully saturated rings. The van der Waals surface area contributed by atoms with Crippen LogP contribution in [0.25, 0.3) is 0 Å². The Morgan fingerprint density at radius 1 is 1.09 bits per heavy atom. The van der Waals surface area contributed by atoms with Gasteiger partial charge in [-0.05, 0) is 43.2 Å². The van der Waals surface area contributed by atoms with Crippen LogP contribution in [-0.2, 0) is 0 Å². The zero-order valence-corrected chi connectivity index (χ0v) is 13.6. The average Bonchev–Trinajstić information content (AvgIpc) is 3.09. The number of hydrogen-bond acceptors (Lipinski definition) is 4. The fraction of sp³-hybridized carbons (Fsp3) is 0.333. The number of hydrogen-bond donors (Lipinski definition) is 1. The number of nitrogens with one attached hydrogen (secondary N) is 1. The Kier molecular flexibility index (Phi) is 4.46. The molecule has 23 heavy (non-hydrogen) atoms. The highest BCUT2D eigenvalue weighted by molar-refractivity contribution is 5.95. The molecule has 1 saturated heterocycles. The molecule has 1 amide bonds. The smallest absolute Gasteiger partial charge is 0.255 e. The van der Waals surface area contributed by atoms with Crippen molar-refractivity contribution in [3.63, 3.8) is 0 Å². The number of likely N-dealkylation sites (tertiary alicyclic amines) is 1. The van der Waals surface area contributed by atoms with Crippen LogP contribution >= 0.6 is 0 Å². The summed E-state index contributed by atoms with van der Waals surface area (Å²) >= 11 is 0. The second-order valence-corrected chi connectivity index (χ2v) is 6.03. The summed E-state index contributed by atoms with van der Waals surface area (Å²) in [6.45, 7) is 1.70. The first-order valence-corrected chi connectivity index (χ1v) is 7.92. The molecule has 120 valence electrons. The highest BCUT2D eigenvalue weighted by atomic mass is 16.2. The van der Waals surface area contributed by atoms with E-state index in [1.807, 2.05) is 37.2 Å². The molecule has 5 heteroatoms. The number of rotatable bonds is 4. The summed E-state index contributed by atoms with van der Waals surface area (Å²) in [5.74, 6) is 0.0709. The van der Waals surface area contributed by atoms with E-state index >= 15 is 0 Å². The minimum absolute atomic E-state index is 0.0709. The molecule has 1 aliphatic heterocycles. The fourth-order valence-corrected chi connectivity index (χ4v) is 2.74. The Morgan fingerprint density at radius 2 is 1.78 bits per heavy atom. The van der Waals surface area contributed by atoms with Gasteiger partial charge >= 0.3 is 0 Å². The number of nitrogens with zero attached hydrogens (tertiary/aromatic N) is 3. The molecule has 1 aromatic heterocycles. The molecule has 1 aromatic carbocycles. The maximum atomic E-state index is 12.4. The van der Waals surface area contributed by atoms with Gasteiger partial charge in [-0.1, -0.05) is 0 Å². The summed E-state index contributed by atoms with van der Waals surface area (Å²) in [5, 5.41) is 3.30. The van der Waals surface area contributed by atoms with Gasteiger partial charge < -0.3 is 15.1 Å². The first-order chi connectivity index (χ1) is 11.1. The Morgan fingerprint density at radius 3 is 2.43 bits per heavy atom. The van der Waals surface area contributed by atoms with Crippen molar-refractivity contribution in [2.45, 2.75) is 12.8 Å². The lowest BCUT2D eigenvalue weighted by atomic mass is 10.2. The second kappa shape index (κ2) is 6.69. The predicted octanol–water partition coefficient (Wildman–Crippen LogP) is 3.13. The van der Waals surface area contributed by atoms with Gasteiger partial charge in [0, 0.05) is 44.8 Å². The van der Waals surface area contributed by atoms with Gasteiger partial charge in [0.15, 0.2) is 0 Å². The molecule has 0 aliphatic carbocycles. The van der Waals surface area contributed by atoms with Gasteiger partial charge in [0.2, 0.25) is 0 Å². The number of amides is 1. The molecule has 1 aliphatic rings. The molecule has 2 heterocycles. The molecule has 3 rings (SSSR count). The summed E-state index contributed by atoms with van der Waals surface area (Å²) in [6, 6.07) is 10.0. The van der Waals surface area contributed by atoms with Crippen LogP contribution in [0, 0.1) is 0 Å². The zero-order valence-electron chi connectivity index (χ0n) is 13.6. The van der Waals surface area contributed by atoms with Crippen molar-refractivity contribution in [2.24, 2.45) is 0 Å². The molecular formula is C18H22N4O. The van der Waals surface area contributed by atoms with Crippen LogP contribution in [0.5, 0.6) is 0 Å². The average molecular weight is 310 g/mol. The van der Waals surface area contributed by atoms with Gasteiger partial charge in [-0.15, -0.1) is 0 Å². The van der Waals surface area contributed by atoms with Gasteiger partial charge in [0.05, 0.1) is 17.4 Å². The van der Waals surface area contributed by atoms with E-state index in [0.29, 0.717) is 5.56 Å². The minimum atomic E-state index is 0.0709. The van der Waals surface area contributed by atoms with Crippen molar-refractivity contribution in [3.8, 4) is 0 Å². The third-order valence-electron chi connectivity index (χ3n) is 4.05. The number of carbonyl (C=O) groups excluding carboxylic acids is 1. The van der Waals surface area contributed by atoms with Gasteiger partial charge in [0.1, 0.15) is 0 Å². The second-order valence-electron chi connectivity index (χ2n) is 6.03. The number of carbonyl (C=O) groups is 1. The van der Waals surface area contributed by atoms with Crippen LogP contribution < -0.4 is 10.2 Å². The first-order valence-electron chi connectivity index (χ1n) is 7.92. The van der Waals surface area contributed by atoms with Crippen LogP contribution in [0.15, 0.2) is 42.7 Å². The van der Waals surface area contributed by atoms with Gasteiger partial charge in [-0.25, -0.2) is 0 Å². The maximum Gasteiger partial charge on any atom is 0.255 e. The van der Waals surface area contributed by atoms with E-state index in [9.17, 15) is 4.79 Å². The zero-order chi connectivity index (χ0) is 16.2. The Labute approximate surface area is 136 Å². The lowest BCUT2D eigenvalue weighted by Gasteiger charge is -2.16. The third kappa shape index (κ3) is 3.62. The van der Waals surface area contributed by atoms with Crippen molar-refractivity contribution in [1.82, 2.24) is 9.88 Å². The lowest BCUT2D eigenvalue weighted by Crippen LogP contribution is -2.27. The topological polar surface area (TPSA) is 48.5 Å². The van der Waals surface area contributed by atoms with E-state index in [-0.39, 0.29) is 5.91 Å². The standard InChI is InChI=1S/C18H22N4O/c1-21(2)17-7-5-15(6-8-17)20-16-11-14(12-19-13-16)18(23)22-9-3-4-10-22/h5-8,11-13,20H,3-4,9-10H2,1-2H3. The molecule has 0 spiro atoms. The van der Waals surface area contributed by atoms with E-state index < -0.39 is 0 Å². The number of pyridine rings is 1. The molecule has 0 bridgehead atoms. The normalized spacial score (nSPS) is 13.9. The van der Waals surface area contributed by atoms with Crippen LogP contribution in [0.3, 0.4) is 0 Å². The Bertz CT molecular complexity index is 676. The molecular weight excluding hydrogens is 288 g/mol. The Balaban J connectivity index is 1.73. The van der Waals surface area contributed by atoms with E-state index in [1.54, 1.807) is 12.4 Å². The summed E-state index contributed by atoms with van der Waals surface area (Å²) in [4.78, 5) is 20.6. The first kappa shape index (κ1) is 15.3. The summed E-state index contributed by atoms with van der Waals surface area (Å²) < 4.78 is 0. The van der Waals surface area contributed by atoms with Crippen molar-refractivity contribution >= 4 is 23.0 Å². The van der Waals surface area contributed by atoms with E-state index in [1.165, 1.54) is 0 Å². The van der Waals surface area contributed by atoms with Crippen molar-refractivity contribution in [3.05, 3.63) is 48.3 Å². The molecule has 0 unspecified atom stereocenters. The van der Waals surface area contributed by atoms with Gasteiger partial charge in [0.25, 0.3) is 5.91 Å². The van der Waals surface area contributed by atoms with Gasteiger partial charge in [-0.3, -0.25) is 9.78 Å². The number of anilines is 3. The van der Waals surface area contributed by atoms with Crippen LogP contribution in [0.2, 0.25) is 0 Å². The van der Waals surface area contributed by atoms with Crippen molar-refractivity contribution < 1.29 is 4.79 Å². The van der Waals surface area contributed by atoms with Crippen molar-refractivity contribution in [1.29, 1.82) is 0 Å². The SMILES string of the molecule is CN(C)c1ccc(Nc2cncc(C(=O)N3CCCC3)c2)cc1. The highest BCUT2D eigenvalue weighted by Gasteiger charge is 2.19. The van der Waals surface area contributed by atoms with Crippen molar-refractivity contribution in [2.75, 3.05) is 37.4 Å². The van der Waals surface area contributed by atoms with Crippen LogP contribution in [0.4, 0.5) is 17.1 Å². The lowest BCUT2D eigenvalue weighted by molar-refractivity contribution is 0.0792. The number of aromatic nitrogens is 1. The molecule has 0 radical (unpaired) electrons. The van der Waals surface area contributed by atoms with Crippen LogP contribution in [0.1, 0.15) is 23.2 Å². The maximum absolute atomic E-state index is 12.4. The predicted molar refractivity (Wildman–Crippen MR) is 93.4 cm³/mol. The summed E-state index contributed by atoms with van der Waals surface area (Å²) in [6.07, 6.45) is 5.56. The molecule has 5 nitrogen and oxygen atoms in total. The molecule has 0 atom stereocenters. The molecule has 0 saturated carbocycles. The largest absolute Gasteiger partial charge is 0.378 e. The van der Waals surface area contributed by atoms with E-state index in [2.05, 4.69) is 27.3 Å². The summed E-state index contributed by atoms with van der Waals surface area (Å²) in [5.41, 5.74) is 3.59. The monoisotopic (exact) mass is 310 g/mol. The molecule has 2 aromatic rings. The Hall–Kier alpha value is -2.56. The fourth-order valence-electron chi connectivity index (χ4n) is 2.74. The molecule has 1 N–H and O–H groups in total. The minimum Gasteiger partial charge on any atom is -0.378 e. The quantitative estimate of drug-likeness (QED) is 0.942. The highest BCUT2D eigenvalue weighted by Crippen LogP contribution is 2.21. The van der Waals surface area contributed by atoms with E-state index in [4.69, 9.17) is 0 Å². The third-order valence-corrected chi connectivity index (χ3v) is 4.05. The summed E-state index contributed by atoms with van der Waals surface area (Å²) in [7, 11) is 4.03. The van der Waals surface area contributed by atoms with Crippen LogP contribution in [-0.4, -0.2) is 43.0 Å².